The molecule has 0 aliphatic carbocycles. The zero-order chi connectivity index (χ0) is 17.2. The summed E-state index contributed by atoms with van der Waals surface area (Å²) >= 11 is 0. The fourth-order valence-corrected chi connectivity index (χ4v) is 3.56. The molecule has 3 atom stereocenters. The van der Waals surface area contributed by atoms with Gasteiger partial charge in [0.2, 0.25) is 5.95 Å². The smallest absolute Gasteiger partial charge is 0.255 e. The molecule has 0 saturated carbocycles. The summed E-state index contributed by atoms with van der Waals surface area (Å²) < 4.78 is 5.92. The van der Waals surface area contributed by atoms with Crippen LogP contribution < -0.4 is 5.32 Å². The number of amides is 1. The minimum absolute atomic E-state index is 0.0311. The molecule has 7 nitrogen and oxygen atoms in total. The molecule has 0 spiro atoms. The highest BCUT2D eigenvalue weighted by Gasteiger charge is 2.45. The number of ether oxygens (including phenoxy) is 1. The molecule has 1 N–H and O–H groups in total. The SMILES string of the molecule is Cc1ccc(C(=O)N2C[C@H]3[C@H](CNc4ncccn4)CO[C@H]3C2)cn1. The minimum Gasteiger partial charge on any atom is -0.376 e. The van der Waals surface area contributed by atoms with Crippen molar-refractivity contribution in [2.45, 2.75) is 13.0 Å². The zero-order valence-corrected chi connectivity index (χ0v) is 14.1. The summed E-state index contributed by atoms with van der Waals surface area (Å²) in [6.45, 7) is 4.74. The first-order valence-corrected chi connectivity index (χ1v) is 8.55. The van der Waals surface area contributed by atoms with Crippen LogP contribution in [-0.2, 0) is 4.74 Å². The second kappa shape index (κ2) is 6.76. The van der Waals surface area contributed by atoms with Crippen LogP contribution in [0.4, 0.5) is 5.95 Å². The number of anilines is 1. The summed E-state index contributed by atoms with van der Waals surface area (Å²) in [5.74, 6) is 1.35. The van der Waals surface area contributed by atoms with Gasteiger partial charge in [-0.3, -0.25) is 9.78 Å². The van der Waals surface area contributed by atoms with Gasteiger partial charge in [0, 0.05) is 55.8 Å². The third-order valence-corrected chi connectivity index (χ3v) is 4.97. The number of carbonyl (C=O) groups is 1. The number of fused-ring (bicyclic) bond motifs is 1. The first-order chi connectivity index (χ1) is 12.2. The summed E-state index contributed by atoms with van der Waals surface area (Å²) in [5, 5.41) is 3.27. The van der Waals surface area contributed by atoms with Gasteiger partial charge in [0.25, 0.3) is 5.91 Å². The van der Waals surface area contributed by atoms with Crippen LogP contribution in [0.2, 0.25) is 0 Å². The van der Waals surface area contributed by atoms with Gasteiger partial charge in [0.1, 0.15) is 0 Å². The number of aromatic nitrogens is 3. The van der Waals surface area contributed by atoms with Crippen molar-refractivity contribution in [2.24, 2.45) is 11.8 Å². The fourth-order valence-electron chi connectivity index (χ4n) is 3.56. The van der Waals surface area contributed by atoms with Crippen LogP contribution in [0.5, 0.6) is 0 Å². The van der Waals surface area contributed by atoms with E-state index in [1.165, 1.54) is 0 Å². The molecule has 2 aliphatic rings. The van der Waals surface area contributed by atoms with E-state index in [9.17, 15) is 4.79 Å². The molecule has 2 fully saturated rings. The van der Waals surface area contributed by atoms with Crippen LogP contribution in [0.3, 0.4) is 0 Å². The lowest BCUT2D eigenvalue weighted by molar-refractivity contribution is 0.0680. The van der Waals surface area contributed by atoms with E-state index in [-0.39, 0.29) is 12.0 Å². The van der Waals surface area contributed by atoms with Crippen molar-refractivity contribution in [1.82, 2.24) is 19.9 Å². The van der Waals surface area contributed by atoms with Gasteiger partial charge in [-0.25, -0.2) is 9.97 Å². The average molecular weight is 339 g/mol. The number of likely N-dealkylation sites (tertiary alicyclic amines) is 1. The minimum atomic E-state index is 0.0311. The van der Waals surface area contributed by atoms with E-state index in [0.717, 1.165) is 18.8 Å². The molecule has 0 bridgehead atoms. The second-order valence-corrected chi connectivity index (χ2v) is 6.65. The van der Waals surface area contributed by atoms with Gasteiger partial charge in [-0.05, 0) is 25.1 Å². The van der Waals surface area contributed by atoms with Crippen molar-refractivity contribution in [3.8, 4) is 0 Å². The van der Waals surface area contributed by atoms with Gasteiger partial charge >= 0.3 is 0 Å². The van der Waals surface area contributed by atoms with Crippen molar-refractivity contribution in [3.05, 3.63) is 48.0 Å². The predicted octanol–water partition coefficient (Wildman–Crippen LogP) is 1.38. The molecule has 0 aromatic carbocycles. The lowest BCUT2D eigenvalue weighted by Crippen LogP contribution is -2.32. The molecule has 2 aromatic rings. The summed E-state index contributed by atoms with van der Waals surface area (Å²) in [4.78, 5) is 27.1. The van der Waals surface area contributed by atoms with Gasteiger partial charge in [0.05, 0.1) is 18.3 Å². The topological polar surface area (TPSA) is 80.2 Å². The van der Waals surface area contributed by atoms with Crippen LogP contribution in [0.1, 0.15) is 16.1 Å². The van der Waals surface area contributed by atoms with Gasteiger partial charge in [-0.15, -0.1) is 0 Å². The molecular formula is C18H21N5O2. The summed E-state index contributed by atoms with van der Waals surface area (Å²) in [6, 6.07) is 5.50. The molecule has 4 rings (SSSR count). The van der Waals surface area contributed by atoms with Gasteiger partial charge in [-0.2, -0.15) is 0 Å². The maximum atomic E-state index is 12.7. The standard InChI is InChI=1S/C18H21N5O2/c1-12-3-4-13(7-21-12)17(24)23-9-15-14(11-25-16(15)10-23)8-22-18-19-5-2-6-20-18/h2-7,14-16H,8-11H2,1H3,(H,19,20,22)/t14-,15+,16+/m1/s1. The lowest BCUT2D eigenvalue weighted by atomic mass is 9.93. The Morgan fingerprint density at radius 1 is 1.28 bits per heavy atom. The van der Waals surface area contributed by atoms with Crippen LogP contribution in [0.15, 0.2) is 36.8 Å². The monoisotopic (exact) mass is 339 g/mol. The average Bonchev–Trinajstić information content (AvgIpc) is 3.22. The normalized spacial score (nSPS) is 25.0. The number of carbonyl (C=O) groups excluding carboxylic acids is 1. The molecular weight excluding hydrogens is 318 g/mol. The van der Waals surface area contributed by atoms with Crippen molar-refractivity contribution in [3.63, 3.8) is 0 Å². The summed E-state index contributed by atoms with van der Waals surface area (Å²) in [7, 11) is 0. The second-order valence-electron chi connectivity index (χ2n) is 6.65. The van der Waals surface area contributed by atoms with E-state index < -0.39 is 0 Å². The molecule has 0 unspecified atom stereocenters. The van der Waals surface area contributed by atoms with Crippen LogP contribution in [-0.4, -0.2) is 58.1 Å². The highest BCUT2D eigenvalue weighted by molar-refractivity contribution is 5.94. The summed E-state index contributed by atoms with van der Waals surface area (Å²) in [5.41, 5.74) is 1.55. The van der Waals surface area contributed by atoms with E-state index in [2.05, 4.69) is 20.3 Å². The Bertz CT molecular complexity index is 737. The Kier molecular flexibility index (Phi) is 4.31. The largest absolute Gasteiger partial charge is 0.376 e. The molecule has 2 aromatic heterocycles. The highest BCUT2D eigenvalue weighted by atomic mass is 16.5. The van der Waals surface area contributed by atoms with Crippen LogP contribution in [0.25, 0.3) is 0 Å². The van der Waals surface area contributed by atoms with Gasteiger partial charge in [-0.1, -0.05) is 0 Å². The molecule has 4 heterocycles. The molecule has 1 amide bonds. The van der Waals surface area contributed by atoms with E-state index >= 15 is 0 Å². The first kappa shape index (κ1) is 16.0. The summed E-state index contributed by atoms with van der Waals surface area (Å²) in [6.07, 6.45) is 5.20. The van der Waals surface area contributed by atoms with Crippen LogP contribution >= 0.6 is 0 Å². The molecule has 2 saturated heterocycles. The number of rotatable bonds is 4. The Morgan fingerprint density at radius 3 is 2.88 bits per heavy atom. The number of hydrogen-bond donors (Lipinski definition) is 1. The maximum Gasteiger partial charge on any atom is 0.255 e. The molecule has 0 radical (unpaired) electrons. The maximum absolute atomic E-state index is 12.7. The third kappa shape index (κ3) is 3.32. The number of nitrogens with zero attached hydrogens (tertiary/aromatic N) is 4. The van der Waals surface area contributed by atoms with Crippen molar-refractivity contribution in [2.75, 3.05) is 31.6 Å². The lowest BCUT2D eigenvalue weighted by Gasteiger charge is -2.20. The predicted molar refractivity (Wildman–Crippen MR) is 92.1 cm³/mol. The van der Waals surface area contributed by atoms with E-state index in [0.29, 0.717) is 36.5 Å². The molecule has 2 aliphatic heterocycles. The zero-order valence-electron chi connectivity index (χ0n) is 14.1. The molecule has 7 heteroatoms. The number of pyridine rings is 1. The van der Waals surface area contributed by atoms with E-state index in [1.54, 1.807) is 24.7 Å². The quantitative estimate of drug-likeness (QED) is 0.906. The Balaban J connectivity index is 1.37. The van der Waals surface area contributed by atoms with Crippen LogP contribution in [0, 0.1) is 18.8 Å². The fraction of sp³-hybridized carbons (Fsp3) is 0.444. The highest BCUT2D eigenvalue weighted by Crippen LogP contribution is 2.34. The number of nitrogens with one attached hydrogen (secondary N) is 1. The Hall–Kier alpha value is -2.54. The number of aryl methyl sites for hydroxylation is 1. The van der Waals surface area contributed by atoms with Crippen molar-refractivity contribution < 1.29 is 9.53 Å². The van der Waals surface area contributed by atoms with E-state index in [4.69, 9.17) is 4.74 Å². The Morgan fingerprint density at radius 2 is 2.12 bits per heavy atom. The van der Waals surface area contributed by atoms with Crippen molar-refractivity contribution in [1.29, 1.82) is 0 Å². The third-order valence-electron chi connectivity index (χ3n) is 4.97. The molecule has 25 heavy (non-hydrogen) atoms. The van der Waals surface area contributed by atoms with Gasteiger partial charge < -0.3 is 15.0 Å². The van der Waals surface area contributed by atoms with E-state index in [1.807, 2.05) is 24.0 Å². The van der Waals surface area contributed by atoms with Crippen molar-refractivity contribution >= 4 is 11.9 Å². The molecule has 130 valence electrons. The van der Waals surface area contributed by atoms with Gasteiger partial charge in [0.15, 0.2) is 0 Å². The number of hydrogen-bond acceptors (Lipinski definition) is 6. The first-order valence-electron chi connectivity index (χ1n) is 8.55. The Labute approximate surface area is 146 Å².